The Morgan fingerprint density at radius 2 is 1.13 bits per heavy atom. The molecule has 2 aliphatic carbocycles. The largest absolute Gasteiger partial charge is 0.502 e. The quantitative estimate of drug-likeness (QED) is 0.158. The zero-order valence-corrected chi connectivity index (χ0v) is 27.6. The van der Waals surface area contributed by atoms with Gasteiger partial charge in [-0.25, -0.2) is 56.2 Å². The minimum Gasteiger partial charge on any atom is -0.256 e. The number of rotatable bonds is 3. The van der Waals surface area contributed by atoms with E-state index >= 15 is 0 Å². The highest BCUT2D eigenvalue weighted by molar-refractivity contribution is 7.92. The van der Waals surface area contributed by atoms with Crippen LogP contribution in [0, 0.1) is 66.0 Å². The van der Waals surface area contributed by atoms with E-state index in [0.717, 1.165) is 18.3 Å². The average Bonchev–Trinajstić information content (AvgIpc) is 3.69. The molecule has 0 aliphatic heterocycles. The van der Waals surface area contributed by atoms with Crippen LogP contribution < -0.4 is 10.4 Å². The highest BCUT2D eigenvalue weighted by Gasteiger charge is 2.50. The summed E-state index contributed by atoms with van der Waals surface area (Å²) in [7, 11) is -6.42. The standard InChI is InChI=1S/C36H13F7N8O2S/c1-14-19(37)4-15(5-20(14)38)27-12-48-23-8-17-30(26(11-45)47-3)32-18(29(25(10-44)46-2)31(17)33(23)50-27)9-24-34(32)51-28(13-49-24)16-6-21(39)35(22(40)7-16)54(52,53)36(41,42)43/h4-7,12-13H,8-9H2,1H3/b29-25-,30-26+. The van der Waals surface area contributed by atoms with Crippen LogP contribution in [0.1, 0.15) is 28.1 Å². The molecule has 0 atom stereocenters. The zero-order valence-electron chi connectivity index (χ0n) is 26.8. The van der Waals surface area contributed by atoms with Crippen LogP contribution in [0.15, 0.2) is 41.6 Å². The Labute approximate surface area is 299 Å². The summed E-state index contributed by atoms with van der Waals surface area (Å²) in [5.74, 6) is -5.82. The molecule has 18 heteroatoms. The van der Waals surface area contributed by atoms with Gasteiger partial charge in [-0.3, -0.25) is 9.97 Å². The molecule has 5 aromatic rings. The van der Waals surface area contributed by atoms with Gasteiger partial charge >= 0.3 is 5.51 Å². The van der Waals surface area contributed by atoms with Gasteiger partial charge in [-0.15, -0.1) is 0 Å². The zero-order chi connectivity index (χ0) is 39.0. The van der Waals surface area contributed by atoms with Crippen LogP contribution in [0.4, 0.5) is 30.7 Å². The summed E-state index contributed by atoms with van der Waals surface area (Å²) in [6.45, 7) is 16.9. The van der Waals surface area contributed by atoms with Crippen molar-refractivity contribution >= 4 is 21.2 Å². The van der Waals surface area contributed by atoms with Crippen molar-refractivity contribution < 1.29 is 39.2 Å². The van der Waals surface area contributed by atoms with Crippen molar-refractivity contribution in [3.05, 3.63) is 121 Å². The molecule has 0 unspecified atom stereocenters. The number of alkyl halides is 3. The first-order valence-corrected chi connectivity index (χ1v) is 16.5. The number of halogens is 7. The number of hydrogen-bond donors (Lipinski definition) is 0. The maximum Gasteiger partial charge on any atom is 0.502 e. The van der Waals surface area contributed by atoms with Crippen LogP contribution >= 0.6 is 0 Å². The van der Waals surface area contributed by atoms with Crippen molar-refractivity contribution in [1.29, 1.82) is 10.5 Å². The topological polar surface area (TPSA) is 142 Å². The molecular formula is C36H13F7N8O2S. The summed E-state index contributed by atoms with van der Waals surface area (Å²) in [5, 5.41) is 20.2. The molecule has 0 saturated heterocycles. The summed E-state index contributed by atoms with van der Waals surface area (Å²) in [4.78, 5) is 22.4. The molecule has 0 spiro atoms. The Kier molecular flexibility index (Phi) is 8.06. The van der Waals surface area contributed by atoms with Crippen LogP contribution in [0.2, 0.25) is 0 Å². The van der Waals surface area contributed by atoms with Gasteiger partial charge in [-0.05, 0) is 42.3 Å². The number of nitrogens with zero attached hydrogens (tertiary/aromatic N) is 8. The molecule has 0 N–H and O–H groups in total. The maximum atomic E-state index is 14.9. The van der Waals surface area contributed by atoms with Gasteiger partial charge in [-0.2, -0.15) is 13.2 Å². The lowest BCUT2D eigenvalue weighted by Crippen LogP contribution is -2.26. The van der Waals surface area contributed by atoms with E-state index in [2.05, 4.69) is 29.6 Å². The molecular weight excluding hydrogens is 742 g/mol. The summed E-state index contributed by atoms with van der Waals surface area (Å²) in [6.07, 6.45) is 1.97. The van der Waals surface area contributed by atoms with E-state index in [1.807, 2.05) is 12.1 Å². The SMILES string of the molecule is [C-]#[N+]/C(C#N)=c1/c2c(/c(=C(\C#N)[N+]#[C-])c3c1-c1nc(-c4cc(F)c(C)c(F)c4)cnc1C3)-c1nc(-c3cc(F)c(S(=O)(=O)C(F)(F)F)c(F)c3)cnc1C2. The molecule has 10 nitrogen and oxygen atoms in total. The third kappa shape index (κ3) is 5.15. The van der Waals surface area contributed by atoms with Crippen LogP contribution in [0.5, 0.6) is 0 Å². The van der Waals surface area contributed by atoms with Gasteiger partial charge in [0.05, 0.1) is 71.8 Å². The van der Waals surface area contributed by atoms with Gasteiger partial charge in [0.1, 0.15) is 28.2 Å². The second kappa shape index (κ2) is 12.3. The molecule has 0 bridgehead atoms. The van der Waals surface area contributed by atoms with E-state index in [-0.39, 0.29) is 90.8 Å². The van der Waals surface area contributed by atoms with Crippen molar-refractivity contribution in [3.63, 3.8) is 0 Å². The lowest BCUT2D eigenvalue weighted by Gasteiger charge is -2.13. The Morgan fingerprint density at radius 1 is 0.741 bits per heavy atom. The van der Waals surface area contributed by atoms with E-state index < -0.39 is 60.5 Å². The van der Waals surface area contributed by atoms with E-state index in [1.54, 1.807) is 0 Å². The van der Waals surface area contributed by atoms with Gasteiger partial charge in [0.15, 0.2) is 0 Å². The van der Waals surface area contributed by atoms with Crippen molar-refractivity contribution in [2.75, 3.05) is 0 Å². The van der Waals surface area contributed by atoms with Crippen molar-refractivity contribution in [2.45, 2.75) is 30.2 Å². The lowest BCUT2D eigenvalue weighted by molar-refractivity contribution is -0.0439. The second-order valence-corrected chi connectivity index (χ2v) is 13.7. The number of hydrogen-bond acceptors (Lipinski definition) is 8. The van der Waals surface area contributed by atoms with Crippen LogP contribution in [0.3, 0.4) is 0 Å². The summed E-state index contributed by atoms with van der Waals surface area (Å²) >= 11 is 0. The lowest BCUT2D eigenvalue weighted by atomic mass is 9.92. The molecule has 0 fully saturated rings. The minimum atomic E-state index is -6.42. The van der Waals surface area contributed by atoms with Gasteiger partial charge in [0.2, 0.25) is 0 Å². The second-order valence-electron chi connectivity index (χ2n) is 11.8. The third-order valence-electron chi connectivity index (χ3n) is 8.92. The Bertz CT molecular complexity index is 2930. The first kappa shape index (κ1) is 35.4. The fourth-order valence-electron chi connectivity index (χ4n) is 6.50. The summed E-state index contributed by atoms with van der Waals surface area (Å²) in [5.41, 5.74) is -7.00. The maximum absolute atomic E-state index is 14.9. The summed E-state index contributed by atoms with van der Waals surface area (Å²) in [6, 6.07) is 6.42. The van der Waals surface area contributed by atoms with Gasteiger partial charge in [0, 0.05) is 51.1 Å². The molecule has 2 heterocycles. The molecule has 7 rings (SSSR count). The van der Waals surface area contributed by atoms with Crippen LogP contribution in [0.25, 0.3) is 66.1 Å². The van der Waals surface area contributed by atoms with E-state index in [1.165, 1.54) is 13.1 Å². The number of fused-ring (bicyclic) bond motifs is 6. The predicted molar refractivity (Wildman–Crippen MR) is 173 cm³/mol. The first-order chi connectivity index (χ1) is 25.6. The van der Waals surface area contributed by atoms with Crippen molar-refractivity contribution in [2.24, 2.45) is 0 Å². The number of nitriles is 2. The molecule has 54 heavy (non-hydrogen) atoms. The number of aromatic nitrogens is 4. The van der Waals surface area contributed by atoms with Gasteiger partial charge in [-0.1, -0.05) is 0 Å². The highest BCUT2D eigenvalue weighted by atomic mass is 32.2. The predicted octanol–water partition coefficient (Wildman–Crippen LogP) is 6.00. The van der Waals surface area contributed by atoms with Crippen LogP contribution in [-0.4, -0.2) is 33.9 Å². The Balaban J connectivity index is 1.53. The fourth-order valence-corrected chi connectivity index (χ4v) is 7.36. The number of sulfone groups is 1. The molecule has 264 valence electrons. The normalized spacial score (nSPS) is 13.7. The van der Waals surface area contributed by atoms with E-state index in [9.17, 15) is 49.7 Å². The Morgan fingerprint density at radius 3 is 1.48 bits per heavy atom. The van der Waals surface area contributed by atoms with Crippen molar-refractivity contribution in [3.8, 4) is 57.2 Å². The van der Waals surface area contributed by atoms with Crippen molar-refractivity contribution in [1.82, 2.24) is 19.9 Å². The number of benzene rings is 3. The average molecular weight is 755 g/mol. The summed E-state index contributed by atoms with van der Waals surface area (Å²) < 4.78 is 122. The van der Waals surface area contributed by atoms with E-state index in [0.29, 0.717) is 12.1 Å². The molecule has 2 aromatic heterocycles. The monoisotopic (exact) mass is 754 g/mol. The van der Waals surface area contributed by atoms with Gasteiger partial charge in [0.25, 0.3) is 21.2 Å². The first-order valence-electron chi connectivity index (χ1n) is 15.1. The highest BCUT2D eigenvalue weighted by Crippen LogP contribution is 2.40. The molecule has 3 aromatic carbocycles. The van der Waals surface area contributed by atoms with E-state index in [4.69, 9.17) is 13.1 Å². The molecule has 0 saturated carbocycles. The minimum absolute atomic E-state index is 0.00939. The third-order valence-corrected chi connectivity index (χ3v) is 10.5. The smallest absolute Gasteiger partial charge is 0.256 e. The molecule has 0 radical (unpaired) electrons. The van der Waals surface area contributed by atoms with Crippen LogP contribution in [-0.2, 0) is 22.7 Å². The fraction of sp³-hybridized carbons (Fsp3) is 0.111. The Hall–Kier alpha value is -7.02. The van der Waals surface area contributed by atoms with Gasteiger partial charge < -0.3 is 0 Å². The molecule has 2 aliphatic rings. The molecule has 0 amide bonds.